The van der Waals surface area contributed by atoms with E-state index in [4.69, 9.17) is 14.6 Å². The van der Waals surface area contributed by atoms with E-state index in [0.29, 0.717) is 28.8 Å². The summed E-state index contributed by atoms with van der Waals surface area (Å²) in [4.78, 5) is 22.9. The number of rotatable bonds is 4. The third-order valence-corrected chi connectivity index (χ3v) is 4.36. The molecular formula is C13H13Br2NO5. The summed E-state index contributed by atoms with van der Waals surface area (Å²) in [5.41, 5.74) is 0.530. The van der Waals surface area contributed by atoms with E-state index in [1.54, 1.807) is 12.1 Å². The number of hydrogen-bond donors (Lipinski definition) is 2. The zero-order chi connectivity index (χ0) is 15.6. The number of hydrogen-bond acceptors (Lipinski definition) is 4. The molecule has 2 N–H and O–H groups in total. The van der Waals surface area contributed by atoms with E-state index in [1.807, 2.05) is 0 Å². The van der Waals surface area contributed by atoms with Crippen molar-refractivity contribution in [2.75, 3.05) is 12.4 Å². The summed E-state index contributed by atoms with van der Waals surface area (Å²) >= 11 is 6.69. The molecule has 6 nitrogen and oxygen atoms in total. The van der Waals surface area contributed by atoms with Crippen molar-refractivity contribution in [1.29, 1.82) is 0 Å². The monoisotopic (exact) mass is 421 g/mol. The number of benzene rings is 1. The minimum absolute atomic E-state index is 0.332. The Bertz CT molecular complexity index is 578. The molecule has 8 heteroatoms. The molecule has 1 aliphatic rings. The lowest BCUT2D eigenvalue weighted by atomic mass is 10.2. The van der Waals surface area contributed by atoms with E-state index < -0.39 is 18.2 Å². The van der Waals surface area contributed by atoms with Crippen molar-refractivity contribution in [3.8, 4) is 5.75 Å². The summed E-state index contributed by atoms with van der Waals surface area (Å²) in [5.74, 6) is -0.843. The molecule has 2 atom stereocenters. The van der Waals surface area contributed by atoms with Crippen LogP contribution in [0.25, 0.3) is 0 Å². The van der Waals surface area contributed by atoms with Crippen LogP contribution in [0.3, 0.4) is 0 Å². The number of carboxylic acids is 1. The predicted molar refractivity (Wildman–Crippen MR) is 82.6 cm³/mol. The highest BCUT2D eigenvalue weighted by Gasteiger charge is 2.34. The fourth-order valence-electron chi connectivity index (χ4n) is 2.01. The first kappa shape index (κ1) is 16.3. The van der Waals surface area contributed by atoms with Crippen molar-refractivity contribution in [2.24, 2.45) is 0 Å². The maximum Gasteiger partial charge on any atom is 0.332 e. The standard InChI is InChI=1S/C13H13Br2NO5/c1-20-11-5-8(6(14)4-7(11)15)16-12(17)9-2-3-10(21-9)13(18)19/h4-5,9-10H,2-3H2,1H3,(H,16,17)(H,18,19). The van der Waals surface area contributed by atoms with E-state index in [9.17, 15) is 9.59 Å². The number of carbonyl (C=O) groups is 2. The Hall–Kier alpha value is -1.12. The molecule has 114 valence electrons. The molecule has 1 fully saturated rings. The molecule has 1 amide bonds. The Balaban J connectivity index is 2.08. The van der Waals surface area contributed by atoms with Gasteiger partial charge in [0.1, 0.15) is 11.9 Å². The molecule has 0 aromatic heterocycles. The molecule has 1 aromatic rings. The number of methoxy groups -OCH3 is 1. The third-order valence-electron chi connectivity index (χ3n) is 3.09. The number of anilines is 1. The van der Waals surface area contributed by atoms with Gasteiger partial charge in [0.25, 0.3) is 5.91 Å². The summed E-state index contributed by atoms with van der Waals surface area (Å²) in [6.07, 6.45) is -0.955. The van der Waals surface area contributed by atoms with Gasteiger partial charge in [-0.05, 0) is 50.8 Å². The maximum absolute atomic E-state index is 12.1. The predicted octanol–water partition coefficient (Wildman–Crippen LogP) is 2.79. The van der Waals surface area contributed by atoms with E-state index in [2.05, 4.69) is 37.2 Å². The van der Waals surface area contributed by atoms with Gasteiger partial charge in [-0.2, -0.15) is 0 Å². The number of carboxylic acid groups (broad SMARTS) is 1. The second-order valence-electron chi connectivity index (χ2n) is 4.48. The van der Waals surface area contributed by atoms with Crippen LogP contribution in [0.5, 0.6) is 5.75 Å². The summed E-state index contributed by atoms with van der Waals surface area (Å²) < 4.78 is 11.8. The highest BCUT2D eigenvalue weighted by Crippen LogP contribution is 2.35. The van der Waals surface area contributed by atoms with Gasteiger partial charge in [-0.3, -0.25) is 4.79 Å². The smallest absolute Gasteiger partial charge is 0.332 e. The highest BCUT2D eigenvalue weighted by molar-refractivity contribution is 9.11. The van der Waals surface area contributed by atoms with Crippen molar-refractivity contribution in [2.45, 2.75) is 25.0 Å². The molecule has 1 saturated heterocycles. The number of aliphatic carboxylic acids is 1. The molecule has 0 spiro atoms. The van der Waals surface area contributed by atoms with Crippen LogP contribution < -0.4 is 10.1 Å². The van der Waals surface area contributed by atoms with Gasteiger partial charge in [-0.15, -0.1) is 0 Å². The van der Waals surface area contributed by atoms with E-state index in [1.165, 1.54) is 7.11 Å². The highest BCUT2D eigenvalue weighted by atomic mass is 79.9. The number of halogens is 2. The van der Waals surface area contributed by atoms with E-state index >= 15 is 0 Å². The van der Waals surface area contributed by atoms with Crippen LogP contribution in [0, 0.1) is 0 Å². The van der Waals surface area contributed by atoms with Gasteiger partial charge in [0.2, 0.25) is 0 Å². The van der Waals surface area contributed by atoms with Gasteiger partial charge in [0.05, 0.1) is 17.3 Å². The van der Waals surface area contributed by atoms with Crippen LogP contribution in [0.15, 0.2) is 21.1 Å². The summed E-state index contributed by atoms with van der Waals surface area (Å²) in [5, 5.41) is 11.6. The SMILES string of the molecule is COc1cc(NC(=O)C2CCC(C(=O)O)O2)c(Br)cc1Br. The summed E-state index contributed by atoms with van der Waals surface area (Å²) in [6, 6.07) is 3.42. The van der Waals surface area contributed by atoms with Crippen molar-refractivity contribution < 1.29 is 24.2 Å². The molecule has 1 aromatic carbocycles. The van der Waals surface area contributed by atoms with Crippen molar-refractivity contribution in [1.82, 2.24) is 0 Å². The second kappa shape index (κ2) is 6.76. The first-order valence-corrected chi connectivity index (χ1v) is 7.73. The van der Waals surface area contributed by atoms with Crippen LogP contribution in [0.4, 0.5) is 5.69 Å². The molecule has 0 aliphatic carbocycles. The van der Waals surface area contributed by atoms with Crippen molar-refractivity contribution >= 4 is 49.4 Å². The van der Waals surface area contributed by atoms with E-state index in [-0.39, 0.29) is 5.91 Å². The maximum atomic E-state index is 12.1. The van der Waals surface area contributed by atoms with Crippen LogP contribution in [-0.4, -0.2) is 36.3 Å². The van der Waals surface area contributed by atoms with Gasteiger partial charge >= 0.3 is 5.97 Å². The summed E-state index contributed by atoms with van der Waals surface area (Å²) in [6.45, 7) is 0. The molecule has 2 unspecified atom stereocenters. The lowest BCUT2D eigenvalue weighted by molar-refractivity contribution is -0.150. The second-order valence-corrected chi connectivity index (χ2v) is 6.19. The molecule has 2 rings (SSSR count). The topological polar surface area (TPSA) is 84.9 Å². The molecule has 21 heavy (non-hydrogen) atoms. The molecular weight excluding hydrogens is 410 g/mol. The van der Waals surface area contributed by atoms with Crippen LogP contribution in [0.1, 0.15) is 12.8 Å². The zero-order valence-corrected chi connectivity index (χ0v) is 14.2. The number of ether oxygens (including phenoxy) is 2. The number of amides is 1. The lowest BCUT2D eigenvalue weighted by Gasteiger charge is -2.14. The average Bonchev–Trinajstić information content (AvgIpc) is 2.91. The molecule has 0 bridgehead atoms. The minimum Gasteiger partial charge on any atom is -0.495 e. The van der Waals surface area contributed by atoms with Gasteiger partial charge in [-0.25, -0.2) is 4.79 Å². The number of carbonyl (C=O) groups excluding carboxylic acids is 1. The van der Waals surface area contributed by atoms with Gasteiger partial charge in [0, 0.05) is 10.5 Å². The fraction of sp³-hybridized carbons (Fsp3) is 0.385. The Labute approximate surface area is 138 Å². The minimum atomic E-state index is -1.04. The Morgan fingerprint density at radius 3 is 2.52 bits per heavy atom. The third kappa shape index (κ3) is 3.75. The molecule has 1 aliphatic heterocycles. The Morgan fingerprint density at radius 1 is 1.29 bits per heavy atom. The van der Waals surface area contributed by atoms with E-state index in [0.717, 1.165) is 4.47 Å². The van der Waals surface area contributed by atoms with Gasteiger partial charge in [0.15, 0.2) is 6.10 Å². The molecule has 0 saturated carbocycles. The van der Waals surface area contributed by atoms with Crippen LogP contribution >= 0.6 is 31.9 Å². The first-order valence-electron chi connectivity index (χ1n) is 6.14. The Morgan fingerprint density at radius 2 is 1.95 bits per heavy atom. The molecule has 1 heterocycles. The van der Waals surface area contributed by atoms with Crippen LogP contribution in [-0.2, 0) is 14.3 Å². The number of nitrogens with one attached hydrogen (secondary N) is 1. The normalized spacial score (nSPS) is 21.1. The summed E-state index contributed by atoms with van der Waals surface area (Å²) in [7, 11) is 1.52. The van der Waals surface area contributed by atoms with Gasteiger partial charge < -0.3 is 19.9 Å². The first-order chi connectivity index (χ1) is 9.92. The average molecular weight is 423 g/mol. The van der Waals surface area contributed by atoms with Crippen molar-refractivity contribution in [3.63, 3.8) is 0 Å². The lowest BCUT2D eigenvalue weighted by Crippen LogP contribution is -2.30. The van der Waals surface area contributed by atoms with Crippen molar-refractivity contribution in [3.05, 3.63) is 21.1 Å². The quantitative estimate of drug-likeness (QED) is 0.779. The fourth-order valence-corrected chi connectivity index (χ4v) is 3.26. The Kier molecular flexibility index (Phi) is 5.23. The zero-order valence-electron chi connectivity index (χ0n) is 11.1. The van der Waals surface area contributed by atoms with Gasteiger partial charge in [-0.1, -0.05) is 0 Å². The van der Waals surface area contributed by atoms with Crippen LogP contribution in [0.2, 0.25) is 0 Å². The molecule has 0 radical (unpaired) electrons. The largest absolute Gasteiger partial charge is 0.495 e.